The molecule has 2 nitrogen and oxygen atoms in total. The first-order valence-corrected chi connectivity index (χ1v) is 17.0. The van der Waals surface area contributed by atoms with E-state index >= 15 is 0 Å². The van der Waals surface area contributed by atoms with Gasteiger partial charge in [-0.3, -0.25) is 0 Å². The van der Waals surface area contributed by atoms with E-state index in [1.165, 1.54) is 6.04 Å². The van der Waals surface area contributed by atoms with E-state index in [-0.39, 0.29) is 8.55 Å². The summed E-state index contributed by atoms with van der Waals surface area (Å²) < 4.78 is 11.7. The first-order chi connectivity index (χ1) is 5.08. The van der Waals surface area contributed by atoms with Crippen molar-refractivity contribution in [3.63, 3.8) is 0 Å². The smallest absolute Gasteiger partial charge is 0.279 e. The van der Waals surface area contributed by atoms with Crippen molar-refractivity contribution in [1.29, 1.82) is 0 Å². The summed E-state index contributed by atoms with van der Waals surface area (Å²) in [6.45, 7) is 7.86. The molecule has 1 aliphatic heterocycles. The largest absolute Gasteiger partial charge is 0.441 e. The molecule has 1 unspecified atom stereocenters. The molecule has 0 aromatic rings. The third-order valence-electron chi connectivity index (χ3n) is 1.62. The lowest BCUT2D eigenvalue weighted by Gasteiger charge is -2.27. The van der Waals surface area contributed by atoms with E-state index in [9.17, 15) is 0 Å². The van der Waals surface area contributed by atoms with E-state index < -0.39 is 17.1 Å². The molecule has 6 heteroatoms. The van der Waals surface area contributed by atoms with Crippen molar-refractivity contribution in [2.75, 3.05) is 6.61 Å². The fourth-order valence-corrected chi connectivity index (χ4v) is 26.3. The normalized spacial score (nSPS) is 31.4. The van der Waals surface area contributed by atoms with Gasteiger partial charge in [-0.15, -0.1) is 0 Å². The van der Waals surface area contributed by atoms with Crippen LogP contribution in [0.5, 0.6) is 0 Å². The van der Waals surface area contributed by atoms with Gasteiger partial charge < -0.3 is 8.54 Å². The van der Waals surface area contributed by atoms with Gasteiger partial charge in [0, 0.05) is 15.6 Å². The Morgan fingerprint density at radius 2 is 2.18 bits per heavy atom. The maximum atomic E-state index is 6.03. The Bertz CT molecular complexity index is 118. The highest BCUT2D eigenvalue weighted by Crippen LogP contribution is 2.07. The first kappa shape index (κ1) is 9.87. The molecule has 1 atom stereocenters. The van der Waals surface area contributed by atoms with Crippen LogP contribution in [0.4, 0.5) is 0 Å². The van der Waals surface area contributed by atoms with Crippen molar-refractivity contribution in [3.05, 3.63) is 0 Å². The van der Waals surface area contributed by atoms with E-state index in [0.717, 1.165) is 6.61 Å². The van der Waals surface area contributed by atoms with Gasteiger partial charge in [0.05, 0.1) is 8.55 Å². The average Bonchev–Trinajstić information content (AvgIpc) is 1.85. The summed E-state index contributed by atoms with van der Waals surface area (Å²) in [7, 11) is -1.66. The number of hydrogen-bond acceptors (Lipinski definition) is 2. The standard InChI is InChI=1S/C5H18O2Si4/c1-11(2,3)7-10-6-4-5-8-9-10/h10H,4-5,8-9H2,1-3H3. The van der Waals surface area contributed by atoms with Crippen molar-refractivity contribution in [2.24, 2.45) is 0 Å². The topological polar surface area (TPSA) is 18.5 Å². The zero-order valence-corrected chi connectivity index (χ0v) is 12.7. The third kappa shape index (κ3) is 4.38. The van der Waals surface area contributed by atoms with Crippen LogP contribution in [0.2, 0.25) is 25.7 Å². The summed E-state index contributed by atoms with van der Waals surface area (Å²) in [5, 5.41) is 0. The van der Waals surface area contributed by atoms with Crippen molar-refractivity contribution in [2.45, 2.75) is 25.7 Å². The van der Waals surface area contributed by atoms with E-state index in [2.05, 4.69) is 19.6 Å². The second-order valence-corrected chi connectivity index (χ2v) is 23.4. The highest BCUT2D eigenvalue weighted by molar-refractivity contribution is 7.33. The summed E-state index contributed by atoms with van der Waals surface area (Å²) >= 11 is 0. The first-order valence-electron chi connectivity index (χ1n) is 4.37. The summed E-state index contributed by atoms with van der Waals surface area (Å²) in [4.78, 5) is 0. The van der Waals surface area contributed by atoms with Crippen LogP contribution >= 0.6 is 0 Å². The van der Waals surface area contributed by atoms with Crippen LogP contribution in [-0.2, 0) is 8.54 Å². The fraction of sp³-hybridized carbons (Fsp3) is 1.00. The van der Waals surface area contributed by atoms with Crippen molar-refractivity contribution in [1.82, 2.24) is 0 Å². The Morgan fingerprint density at radius 1 is 1.45 bits per heavy atom. The van der Waals surface area contributed by atoms with Crippen LogP contribution in [-0.4, -0.2) is 41.3 Å². The van der Waals surface area contributed by atoms with Gasteiger partial charge >= 0.3 is 0 Å². The highest BCUT2D eigenvalue weighted by atomic mass is 29.6. The van der Waals surface area contributed by atoms with E-state index in [4.69, 9.17) is 8.54 Å². The van der Waals surface area contributed by atoms with Crippen LogP contribution in [0.25, 0.3) is 0 Å². The average molecular weight is 223 g/mol. The number of hydrogen-bond donors (Lipinski definition) is 0. The Balaban J connectivity index is 2.24. The molecule has 0 amide bonds. The zero-order valence-electron chi connectivity index (χ0n) is 7.72. The van der Waals surface area contributed by atoms with Gasteiger partial charge in [-0.05, 0) is 25.7 Å². The molecule has 1 heterocycles. The zero-order chi connectivity index (χ0) is 8.32. The molecule has 0 aromatic carbocycles. The molecule has 1 aliphatic rings. The lowest BCUT2D eigenvalue weighted by molar-refractivity contribution is 0.295. The second kappa shape index (κ2) is 4.15. The molecule has 0 radical (unpaired) electrons. The second-order valence-electron chi connectivity index (χ2n) is 4.03. The van der Waals surface area contributed by atoms with Gasteiger partial charge in [0.1, 0.15) is 0 Å². The van der Waals surface area contributed by atoms with Gasteiger partial charge in [0.15, 0.2) is 8.32 Å². The minimum atomic E-state index is -1.25. The SMILES string of the molecule is C[Si](C)(C)O[SiH]1OCC[SiH2][SiH2]1. The molecule has 66 valence electrons. The molecule has 0 N–H and O–H groups in total. The van der Waals surface area contributed by atoms with Crippen molar-refractivity contribution in [3.8, 4) is 0 Å². The van der Waals surface area contributed by atoms with Gasteiger partial charge in [-0.25, -0.2) is 0 Å². The minimum absolute atomic E-state index is 0.211. The van der Waals surface area contributed by atoms with Gasteiger partial charge in [0.2, 0.25) is 0 Å². The van der Waals surface area contributed by atoms with Gasteiger partial charge in [-0.2, -0.15) is 0 Å². The molecule has 1 fully saturated rings. The van der Waals surface area contributed by atoms with Crippen LogP contribution in [0.3, 0.4) is 0 Å². The summed E-state index contributed by atoms with van der Waals surface area (Å²) in [5.74, 6) is 0. The maximum absolute atomic E-state index is 6.03. The van der Waals surface area contributed by atoms with Gasteiger partial charge in [0.25, 0.3) is 8.80 Å². The predicted molar refractivity (Wildman–Crippen MR) is 59.4 cm³/mol. The molecule has 0 aromatic heterocycles. The molecule has 0 bridgehead atoms. The van der Waals surface area contributed by atoms with E-state index in [1.54, 1.807) is 0 Å². The van der Waals surface area contributed by atoms with E-state index in [1.807, 2.05) is 0 Å². The van der Waals surface area contributed by atoms with Crippen LogP contribution in [0, 0.1) is 0 Å². The van der Waals surface area contributed by atoms with Crippen molar-refractivity contribution < 1.29 is 8.54 Å². The third-order valence-corrected chi connectivity index (χ3v) is 22.0. The molecule has 0 spiro atoms. The summed E-state index contributed by atoms with van der Waals surface area (Å²) in [6.07, 6.45) is 0. The maximum Gasteiger partial charge on any atom is 0.279 e. The minimum Gasteiger partial charge on any atom is -0.441 e. The fourth-order valence-electron chi connectivity index (χ4n) is 1.20. The van der Waals surface area contributed by atoms with Crippen LogP contribution in [0.15, 0.2) is 0 Å². The highest BCUT2D eigenvalue weighted by Gasteiger charge is 2.25. The lowest BCUT2D eigenvalue weighted by atomic mass is 10.9. The Labute approximate surface area is 75.9 Å². The quantitative estimate of drug-likeness (QED) is 0.573. The molecule has 1 saturated heterocycles. The predicted octanol–water partition coefficient (Wildman–Crippen LogP) is -0.744. The lowest BCUT2D eigenvalue weighted by Crippen LogP contribution is -2.46. The summed E-state index contributed by atoms with van der Waals surface area (Å²) in [6, 6.07) is 1.44. The Kier molecular flexibility index (Phi) is 3.72. The van der Waals surface area contributed by atoms with E-state index in [0.29, 0.717) is 9.04 Å². The van der Waals surface area contributed by atoms with Crippen molar-refractivity contribution >= 4 is 34.7 Å². The Morgan fingerprint density at radius 3 is 2.64 bits per heavy atom. The summed E-state index contributed by atoms with van der Waals surface area (Å²) in [5.41, 5.74) is 0. The Hall–Kier alpha value is 0.788. The number of rotatable bonds is 2. The van der Waals surface area contributed by atoms with Crippen LogP contribution in [0.1, 0.15) is 0 Å². The monoisotopic (exact) mass is 222 g/mol. The van der Waals surface area contributed by atoms with Crippen LogP contribution < -0.4 is 0 Å². The molecule has 1 rings (SSSR count). The molecule has 0 saturated carbocycles. The molecule has 0 aliphatic carbocycles. The van der Waals surface area contributed by atoms with Gasteiger partial charge in [-0.1, -0.05) is 0 Å². The molecular weight excluding hydrogens is 204 g/mol. The molecule has 11 heavy (non-hydrogen) atoms. The molecular formula is C5H18O2Si4.